The SMILES string of the molecule is CN(Cc1ccccc1)C(=O)c1cncc(-c2cc3ccccc3s2)c1. The monoisotopic (exact) mass is 358 g/mol. The first kappa shape index (κ1) is 16.5. The van der Waals surface area contributed by atoms with Gasteiger partial charge in [-0.1, -0.05) is 48.5 Å². The van der Waals surface area contributed by atoms with Gasteiger partial charge in [-0.2, -0.15) is 0 Å². The van der Waals surface area contributed by atoms with Gasteiger partial charge in [0.25, 0.3) is 5.91 Å². The fourth-order valence-corrected chi connectivity index (χ4v) is 4.01. The molecule has 4 rings (SSSR count). The highest BCUT2D eigenvalue weighted by Crippen LogP contribution is 2.33. The maximum Gasteiger partial charge on any atom is 0.255 e. The molecule has 2 heterocycles. The van der Waals surface area contributed by atoms with Gasteiger partial charge >= 0.3 is 0 Å². The fraction of sp³-hybridized carbons (Fsp3) is 0.0909. The largest absolute Gasteiger partial charge is 0.337 e. The molecule has 0 radical (unpaired) electrons. The minimum absolute atomic E-state index is 0.0238. The molecule has 0 saturated heterocycles. The lowest BCUT2D eigenvalue weighted by Crippen LogP contribution is -2.26. The van der Waals surface area contributed by atoms with Gasteiger partial charge in [0.2, 0.25) is 0 Å². The molecule has 2 aromatic heterocycles. The molecule has 0 aliphatic rings. The highest BCUT2D eigenvalue weighted by molar-refractivity contribution is 7.22. The van der Waals surface area contributed by atoms with Crippen LogP contribution in [0, 0.1) is 0 Å². The molecule has 0 aliphatic heterocycles. The molecule has 0 spiro atoms. The Morgan fingerprint density at radius 3 is 2.58 bits per heavy atom. The van der Waals surface area contributed by atoms with Gasteiger partial charge in [0.05, 0.1) is 5.56 Å². The van der Waals surface area contributed by atoms with Gasteiger partial charge in [0, 0.05) is 41.1 Å². The van der Waals surface area contributed by atoms with E-state index in [0.29, 0.717) is 12.1 Å². The Bertz CT molecular complexity index is 1020. The number of fused-ring (bicyclic) bond motifs is 1. The standard InChI is InChI=1S/C22H18N2OS/c1-24(15-16-7-3-2-4-8-16)22(25)19-11-18(13-23-14-19)21-12-17-9-5-6-10-20(17)26-21/h2-14H,15H2,1H3. The summed E-state index contributed by atoms with van der Waals surface area (Å²) in [6.07, 6.45) is 3.46. The number of rotatable bonds is 4. The van der Waals surface area contributed by atoms with Crippen molar-refractivity contribution in [1.29, 1.82) is 0 Å². The molecule has 2 aromatic carbocycles. The lowest BCUT2D eigenvalue weighted by molar-refractivity contribution is 0.0784. The van der Waals surface area contributed by atoms with Crippen molar-refractivity contribution in [3.63, 3.8) is 0 Å². The van der Waals surface area contributed by atoms with Gasteiger partial charge in [-0.15, -0.1) is 11.3 Å². The minimum atomic E-state index is -0.0238. The number of aromatic nitrogens is 1. The molecule has 3 nitrogen and oxygen atoms in total. The number of carbonyl (C=O) groups is 1. The number of carbonyl (C=O) groups excluding carboxylic acids is 1. The Morgan fingerprint density at radius 2 is 1.77 bits per heavy atom. The Hall–Kier alpha value is -2.98. The smallest absolute Gasteiger partial charge is 0.255 e. The van der Waals surface area contributed by atoms with Crippen molar-refractivity contribution >= 4 is 27.3 Å². The van der Waals surface area contributed by atoms with Crippen LogP contribution in [0.2, 0.25) is 0 Å². The Kier molecular flexibility index (Phi) is 4.50. The van der Waals surface area contributed by atoms with E-state index in [4.69, 9.17) is 0 Å². The second kappa shape index (κ2) is 7.10. The molecule has 128 valence electrons. The summed E-state index contributed by atoms with van der Waals surface area (Å²) in [6, 6.07) is 22.4. The van der Waals surface area contributed by atoms with Gasteiger partial charge in [-0.25, -0.2) is 0 Å². The number of amides is 1. The van der Waals surface area contributed by atoms with E-state index in [1.54, 1.807) is 22.4 Å². The lowest BCUT2D eigenvalue weighted by Gasteiger charge is -2.17. The second-order valence-electron chi connectivity index (χ2n) is 6.26. The average molecular weight is 358 g/mol. The molecule has 0 N–H and O–H groups in total. The van der Waals surface area contributed by atoms with Crippen LogP contribution >= 0.6 is 11.3 Å². The van der Waals surface area contributed by atoms with E-state index in [9.17, 15) is 4.79 Å². The third-order valence-corrected chi connectivity index (χ3v) is 5.47. The first-order valence-corrected chi connectivity index (χ1v) is 9.26. The Morgan fingerprint density at radius 1 is 1.00 bits per heavy atom. The summed E-state index contributed by atoms with van der Waals surface area (Å²) in [5.74, 6) is -0.0238. The molecule has 4 heteroatoms. The summed E-state index contributed by atoms with van der Waals surface area (Å²) < 4.78 is 1.24. The second-order valence-corrected chi connectivity index (χ2v) is 7.34. The zero-order chi connectivity index (χ0) is 17.9. The third kappa shape index (κ3) is 3.37. The van der Waals surface area contributed by atoms with E-state index in [2.05, 4.69) is 23.2 Å². The fourth-order valence-electron chi connectivity index (χ4n) is 2.97. The van der Waals surface area contributed by atoms with Crippen LogP contribution in [0.4, 0.5) is 0 Å². The van der Waals surface area contributed by atoms with E-state index in [1.165, 1.54) is 10.1 Å². The summed E-state index contributed by atoms with van der Waals surface area (Å²) in [4.78, 5) is 19.9. The van der Waals surface area contributed by atoms with E-state index in [-0.39, 0.29) is 5.91 Å². The number of hydrogen-bond donors (Lipinski definition) is 0. The molecule has 0 aliphatic carbocycles. The predicted octanol–water partition coefficient (Wildman–Crippen LogP) is 5.24. The first-order valence-electron chi connectivity index (χ1n) is 8.44. The normalized spacial score (nSPS) is 10.8. The van der Waals surface area contributed by atoms with Crippen LogP contribution in [0.1, 0.15) is 15.9 Å². The van der Waals surface area contributed by atoms with E-state index in [1.807, 2.05) is 61.8 Å². The van der Waals surface area contributed by atoms with Gasteiger partial charge in [0.1, 0.15) is 0 Å². The quantitative estimate of drug-likeness (QED) is 0.500. The molecule has 26 heavy (non-hydrogen) atoms. The first-order chi connectivity index (χ1) is 12.7. The Labute approximate surface area is 156 Å². The zero-order valence-electron chi connectivity index (χ0n) is 14.4. The van der Waals surface area contributed by atoms with Gasteiger partial charge in [0.15, 0.2) is 0 Å². The highest BCUT2D eigenvalue weighted by atomic mass is 32.1. The Balaban J connectivity index is 1.59. The number of benzene rings is 2. The van der Waals surface area contributed by atoms with Crippen molar-refractivity contribution in [2.45, 2.75) is 6.54 Å². The van der Waals surface area contributed by atoms with Crippen LogP contribution in [0.25, 0.3) is 20.5 Å². The number of pyridine rings is 1. The maximum atomic E-state index is 12.8. The van der Waals surface area contributed by atoms with Crippen LogP contribution in [0.5, 0.6) is 0 Å². The molecule has 0 saturated carbocycles. The topological polar surface area (TPSA) is 33.2 Å². The van der Waals surface area contributed by atoms with Crippen LogP contribution in [-0.2, 0) is 6.54 Å². The van der Waals surface area contributed by atoms with Crippen LogP contribution in [0.15, 0.2) is 79.1 Å². The molecular weight excluding hydrogens is 340 g/mol. The van der Waals surface area contributed by atoms with E-state index < -0.39 is 0 Å². The molecular formula is C22H18N2OS. The van der Waals surface area contributed by atoms with Crippen molar-refractivity contribution < 1.29 is 4.79 Å². The third-order valence-electron chi connectivity index (χ3n) is 4.30. The van der Waals surface area contributed by atoms with Crippen LogP contribution < -0.4 is 0 Å². The van der Waals surface area contributed by atoms with Crippen molar-refractivity contribution in [1.82, 2.24) is 9.88 Å². The van der Waals surface area contributed by atoms with Crippen LogP contribution in [0.3, 0.4) is 0 Å². The average Bonchev–Trinajstić information content (AvgIpc) is 3.12. The maximum absolute atomic E-state index is 12.8. The molecule has 0 fully saturated rings. The van der Waals surface area contributed by atoms with Crippen molar-refractivity contribution in [2.24, 2.45) is 0 Å². The van der Waals surface area contributed by atoms with Crippen molar-refractivity contribution in [2.75, 3.05) is 7.05 Å². The molecule has 0 bridgehead atoms. The molecule has 0 unspecified atom stereocenters. The van der Waals surface area contributed by atoms with Gasteiger partial charge in [-0.3, -0.25) is 9.78 Å². The molecule has 0 atom stereocenters. The van der Waals surface area contributed by atoms with Crippen LogP contribution in [-0.4, -0.2) is 22.8 Å². The lowest BCUT2D eigenvalue weighted by atomic mass is 10.1. The van der Waals surface area contributed by atoms with E-state index in [0.717, 1.165) is 16.0 Å². The summed E-state index contributed by atoms with van der Waals surface area (Å²) >= 11 is 1.72. The summed E-state index contributed by atoms with van der Waals surface area (Å²) in [7, 11) is 1.82. The van der Waals surface area contributed by atoms with E-state index >= 15 is 0 Å². The van der Waals surface area contributed by atoms with Crippen molar-refractivity contribution in [3.8, 4) is 10.4 Å². The zero-order valence-corrected chi connectivity index (χ0v) is 15.2. The minimum Gasteiger partial charge on any atom is -0.337 e. The van der Waals surface area contributed by atoms with Gasteiger partial charge in [-0.05, 0) is 29.1 Å². The summed E-state index contributed by atoms with van der Waals surface area (Å²) in [5.41, 5.74) is 2.69. The number of hydrogen-bond acceptors (Lipinski definition) is 3. The van der Waals surface area contributed by atoms with Gasteiger partial charge < -0.3 is 4.90 Å². The number of nitrogens with zero attached hydrogens (tertiary/aromatic N) is 2. The number of thiophene rings is 1. The molecule has 4 aromatic rings. The molecule has 1 amide bonds. The predicted molar refractivity (Wildman–Crippen MR) is 107 cm³/mol. The van der Waals surface area contributed by atoms with Crippen molar-refractivity contribution in [3.05, 3.63) is 90.3 Å². The summed E-state index contributed by atoms with van der Waals surface area (Å²) in [5, 5.41) is 1.21. The highest BCUT2D eigenvalue weighted by Gasteiger charge is 2.14. The summed E-state index contributed by atoms with van der Waals surface area (Å²) in [6.45, 7) is 0.576.